The van der Waals surface area contributed by atoms with E-state index in [2.05, 4.69) is 5.32 Å². The molecule has 180 valence electrons. The maximum Gasteiger partial charge on any atom is 0.253 e. The predicted octanol–water partition coefficient (Wildman–Crippen LogP) is 3.65. The molecule has 2 aromatic carbocycles. The molecule has 0 aliphatic carbocycles. The first-order valence-corrected chi connectivity index (χ1v) is 11.1. The van der Waals surface area contributed by atoms with Gasteiger partial charge in [-0.15, -0.1) is 0 Å². The molecule has 0 radical (unpaired) electrons. The van der Waals surface area contributed by atoms with E-state index in [4.69, 9.17) is 9.15 Å². The number of rotatable bonds is 6. The molecule has 4 rings (SSSR count). The zero-order valence-corrected chi connectivity index (χ0v) is 19.4. The van der Waals surface area contributed by atoms with Gasteiger partial charge in [-0.3, -0.25) is 9.59 Å². The van der Waals surface area contributed by atoms with Crippen LogP contribution in [0.25, 0.3) is 11.0 Å². The lowest BCUT2D eigenvalue weighted by molar-refractivity contribution is 0.0827. The van der Waals surface area contributed by atoms with E-state index in [1.54, 1.807) is 26.2 Å². The third-order valence-electron chi connectivity index (χ3n) is 5.78. The Bertz CT molecular complexity index is 1250. The summed E-state index contributed by atoms with van der Waals surface area (Å²) in [5, 5.41) is 3.30. The number of nitrogens with zero attached hydrogens (tertiary/aromatic N) is 2. The van der Waals surface area contributed by atoms with Crippen molar-refractivity contribution >= 4 is 28.4 Å². The van der Waals surface area contributed by atoms with Gasteiger partial charge in [-0.1, -0.05) is 0 Å². The molecule has 34 heavy (non-hydrogen) atoms. The smallest absolute Gasteiger partial charge is 0.253 e. The Morgan fingerprint density at radius 1 is 1.15 bits per heavy atom. The Morgan fingerprint density at radius 2 is 1.88 bits per heavy atom. The van der Waals surface area contributed by atoms with Crippen LogP contribution in [0.1, 0.15) is 22.8 Å². The number of ether oxygens (including phenoxy) is 1. The van der Waals surface area contributed by atoms with Crippen molar-refractivity contribution in [3.8, 4) is 0 Å². The van der Waals surface area contributed by atoms with Crippen molar-refractivity contribution in [2.75, 3.05) is 50.6 Å². The summed E-state index contributed by atoms with van der Waals surface area (Å²) < 4.78 is 38.7. The molecule has 1 atom stereocenters. The van der Waals surface area contributed by atoms with E-state index in [1.165, 1.54) is 23.1 Å². The van der Waals surface area contributed by atoms with Crippen molar-refractivity contribution < 1.29 is 22.7 Å². The van der Waals surface area contributed by atoms with E-state index < -0.39 is 11.6 Å². The first-order chi connectivity index (χ1) is 16.2. The second-order valence-electron chi connectivity index (χ2n) is 8.61. The van der Waals surface area contributed by atoms with Crippen LogP contribution in [-0.2, 0) is 11.2 Å². The minimum absolute atomic E-state index is 0.0388. The van der Waals surface area contributed by atoms with Gasteiger partial charge in [0.15, 0.2) is 11.3 Å². The molecular formula is C25H27F2N3O4. The quantitative estimate of drug-likeness (QED) is 0.592. The monoisotopic (exact) mass is 471 g/mol. The second-order valence-corrected chi connectivity index (χ2v) is 8.61. The van der Waals surface area contributed by atoms with Gasteiger partial charge in [0, 0.05) is 50.6 Å². The van der Waals surface area contributed by atoms with E-state index in [1.807, 2.05) is 11.8 Å². The van der Waals surface area contributed by atoms with Crippen LogP contribution in [0, 0.1) is 11.6 Å². The second kappa shape index (κ2) is 9.80. The number of amides is 1. The Morgan fingerprint density at radius 3 is 2.56 bits per heavy atom. The highest BCUT2D eigenvalue weighted by Gasteiger charge is 2.23. The number of carbonyl (C=O) groups is 1. The fourth-order valence-electron chi connectivity index (χ4n) is 4.08. The van der Waals surface area contributed by atoms with Crippen molar-refractivity contribution in [1.82, 2.24) is 4.90 Å². The third-order valence-corrected chi connectivity index (χ3v) is 5.78. The number of halogens is 2. The summed E-state index contributed by atoms with van der Waals surface area (Å²) in [6, 6.07) is 7.94. The summed E-state index contributed by atoms with van der Waals surface area (Å²) in [6.45, 7) is 3.95. The van der Waals surface area contributed by atoms with Crippen LogP contribution >= 0.6 is 0 Å². The average Bonchev–Trinajstić information content (AvgIpc) is 2.78. The zero-order chi connectivity index (χ0) is 24.4. The van der Waals surface area contributed by atoms with Crippen LogP contribution in [0.2, 0.25) is 0 Å². The number of carbonyl (C=O) groups excluding carboxylic acids is 1. The summed E-state index contributed by atoms with van der Waals surface area (Å²) >= 11 is 0. The maximum atomic E-state index is 13.5. The van der Waals surface area contributed by atoms with Gasteiger partial charge in [-0.2, -0.15) is 0 Å². The molecule has 1 N–H and O–H groups in total. The number of hydrogen-bond acceptors (Lipinski definition) is 6. The molecule has 0 spiro atoms. The first kappa shape index (κ1) is 23.7. The highest BCUT2D eigenvalue weighted by Crippen LogP contribution is 2.27. The third kappa shape index (κ3) is 5.04. The number of fused-ring (bicyclic) bond motifs is 1. The van der Waals surface area contributed by atoms with Crippen LogP contribution in [0.4, 0.5) is 20.4 Å². The number of anilines is 2. The topological polar surface area (TPSA) is 75.0 Å². The van der Waals surface area contributed by atoms with Gasteiger partial charge >= 0.3 is 0 Å². The van der Waals surface area contributed by atoms with Gasteiger partial charge < -0.3 is 24.3 Å². The van der Waals surface area contributed by atoms with E-state index in [0.29, 0.717) is 66.4 Å². The lowest BCUT2D eigenvalue weighted by Crippen LogP contribution is -2.44. The van der Waals surface area contributed by atoms with Crippen molar-refractivity contribution in [2.24, 2.45) is 0 Å². The Labute approximate surface area is 195 Å². The highest BCUT2D eigenvalue weighted by molar-refractivity contribution is 5.98. The van der Waals surface area contributed by atoms with Crippen molar-refractivity contribution in [1.29, 1.82) is 0 Å². The van der Waals surface area contributed by atoms with Gasteiger partial charge in [0.1, 0.15) is 17.2 Å². The summed E-state index contributed by atoms with van der Waals surface area (Å²) in [6.07, 6.45) is 0.355. The fourth-order valence-corrected chi connectivity index (χ4v) is 4.08. The molecule has 1 amide bonds. The Kier molecular flexibility index (Phi) is 6.83. The molecule has 1 aliphatic heterocycles. The minimum atomic E-state index is -0.679. The molecule has 1 saturated heterocycles. The summed E-state index contributed by atoms with van der Waals surface area (Å²) in [5.41, 5.74) is 1.45. The van der Waals surface area contributed by atoms with Crippen LogP contribution in [0.5, 0.6) is 0 Å². The number of benzene rings is 2. The minimum Gasteiger partial charge on any atom is -0.440 e. The molecule has 1 aliphatic rings. The summed E-state index contributed by atoms with van der Waals surface area (Å²) in [5.74, 6) is -1.15. The highest BCUT2D eigenvalue weighted by atomic mass is 19.1. The molecule has 9 heteroatoms. The van der Waals surface area contributed by atoms with Gasteiger partial charge in [0.05, 0.1) is 24.6 Å². The molecule has 0 unspecified atom stereocenters. The number of nitrogens with one attached hydrogen (secondary N) is 1. The van der Waals surface area contributed by atoms with Crippen molar-refractivity contribution in [3.63, 3.8) is 0 Å². The van der Waals surface area contributed by atoms with Crippen LogP contribution in [-0.4, -0.2) is 57.2 Å². The molecule has 3 aromatic rings. The normalized spacial score (nSPS) is 16.0. The molecule has 2 heterocycles. The Balaban J connectivity index is 1.72. The number of morpholine rings is 1. The summed E-state index contributed by atoms with van der Waals surface area (Å²) in [7, 11) is 3.27. The lowest BCUT2D eigenvalue weighted by atomic mass is 10.0. The zero-order valence-electron chi connectivity index (χ0n) is 19.4. The maximum absolute atomic E-state index is 13.5. The van der Waals surface area contributed by atoms with Crippen molar-refractivity contribution in [3.05, 3.63) is 69.4 Å². The molecule has 0 saturated carbocycles. The van der Waals surface area contributed by atoms with E-state index >= 15 is 0 Å². The molecular weight excluding hydrogens is 444 g/mol. The SMILES string of the molecule is C[C@H]1COCCN1c1cc(=O)c2cc(C(=O)N(C)C)cc(CCNc3cc(F)cc(F)c3)c2o1. The van der Waals surface area contributed by atoms with Crippen molar-refractivity contribution in [2.45, 2.75) is 19.4 Å². The van der Waals surface area contributed by atoms with E-state index in [9.17, 15) is 18.4 Å². The van der Waals surface area contributed by atoms with Crippen LogP contribution in [0.3, 0.4) is 0 Å². The van der Waals surface area contributed by atoms with Gasteiger partial charge in [0.25, 0.3) is 5.91 Å². The summed E-state index contributed by atoms with van der Waals surface area (Å²) in [4.78, 5) is 29.1. The predicted molar refractivity (Wildman–Crippen MR) is 127 cm³/mol. The van der Waals surface area contributed by atoms with E-state index in [-0.39, 0.29) is 17.4 Å². The van der Waals surface area contributed by atoms with E-state index in [0.717, 1.165) is 6.07 Å². The lowest BCUT2D eigenvalue weighted by Gasteiger charge is -2.33. The van der Waals surface area contributed by atoms with Gasteiger partial charge in [-0.05, 0) is 43.2 Å². The van der Waals surface area contributed by atoms with Gasteiger partial charge in [0.2, 0.25) is 0 Å². The first-order valence-electron chi connectivity index (χ1n) is 11.1. The Hall–Kier alpha value is -3.46. The average molecular weight is 472 g/mol. The largest absolute Gasteiger partial charge is 0.440 e. The molecule has 1 fully saturated rings. The number of hydrogen-bond donors (Lipinski definition) is 1. The van der Waals surface area contributed by atoms with Crippen LogP contribution in [0.15, 0.2) is 45.6 Å². The molecule has 0 bridgehead atoms. The van der Waals surface area contributed by atoms with Crippen LogP contribution < -0.4 is 15.6 Å². The van der Waals surface area contributed by atoms with Gasteiger partial charge in [-0.25, -0.2) is 8.78 Å². The molecule has 1 aromatic heterocycles. The standard InChI is InChI=1S/C25H27F2N3O4/c1-15-14-33-7-6-30(15)23-13-22(31)21-9-17(25(32)29(2)3)8-16(24(21)34-23)4-5-28-20-11-18(26)10-19(27)12-20/h8-13,15,28H,4-7,14H2,1-3H3/t15-/m0/s1. The fraction of sp³-hybridized carbons (Fsp3) is 0.360. The molecule has 7 nitrogen and oxygen atoms in total.